The summed E-state index contributed by atoms with van der Waals surface area (Å²) in [7, 11) is -3.07. The SMILES string of the molecule is CC(C)(C)COCCCS(=O)(=O)CCN[C@]1(C)CC[C@](C)(COCCC[S+]([O-])CCNC(C)(C)C)CC1. The fourth-order valence-electron chi connectivity index (χ4n) is 4.38. The number of sulfone groups is 1. The van der Waals surface area contributed by atoms with Crippen molar-refractivity contribution in [2.75, 3.05) is 62.5 Å². The van der Waals surface area contributed by atoms with Gasteiger partial charge in [-0.1, -0.05) is 38.9 Å². The lowest BCUT2D eigenvalue weighted by atomic mass is 9.69. The lowest BCUT2D eigenvalue weighted by molar-refractivity contribution is 0.0149. The molecular formula is C28H58N2O5S2. The topological polar surface area (TPSA) is 99.7 Å². The first-order valence-electron chi connectivity index (χ1n) is 14.1. The van der Waals surface area contributed by atoms with E-state index < -0.39 is 21.0 Å². The van der Waals surface area contributed by atoms with Gasteiger partial charge in [0.1, 0.15) is 11.5 Å². The molecule has 2 N–H and O–H groups in total. The Labute approximate surface area is 232 Å². The van der Waals surface area contributed by atoms with Crippen molar-refractivity contribution < 1.29 is 22.4 Å². The average molecular weight is 567 g/mol. The highest BCUT2D eigenvalue weighted by Crippen LogP contribution is 2.40. The molecular weight excluding hydrogens is 508 g/mol. The van der Waals surface area contributed by atoms with Crippen LogP contribution in [-0.2, 0) is 30.5 Å². The van der Waals surface area contributed by atoms with Gasteiger partial charge in [0.2, 0.25) is 0 Å². The molecule has 0 heterocycles. The zero-order valence-corrected chi connectivity index (χ0v) is 26.8. The van der Waals surface area contributed by atoms with Gasteiger partial charge in [0.15, 0.2) is 9.84 Å². The van der Waals surface area contributed by atoms with Crippen LogP contribution in [0.3, 0.4) is 0 Å². The van der Waals surface area contributed by atoms with E-state index in [2.05, 4.69) is 66.0 Å². The summed E-state index contributed by atoms with van der Waals surface area (Å²) in [6, 6.07) is 0. The molecule has 1 aliphatic carbocycles. The highest BCUT2D eigenvalue weighted by atomic mass is 32.2. The first-order valence-corrected chi connectivity index (χ1v) is 17.4. The predicted molar refractivity (Wildman–Crippen MR) is 158 cm³/mol. The molecule has 0 spiro atoms. The van der Waals surface area contributed by atoms with Crippen LogP contribution in [0, 0.1) is 10.8 Å². The van der Waals surface area contributed by atoms with Crippen LogP contribution in [0.2, 0.25) is 0 Å². The molecule has 9 heteroatoms. The van der Waals surface area contributed by atoms with E-state index in [0.717, 1.165) is 45.3 Å². The minimum absolute atomic E-state index is 0.0250. The van der Waals surface area contributed by atoms with Crippen molar-refractivity contribution in [3.63, 3.8) is 0 Å². The molecule has 7 nitrogen and oxygen atoms in total. The first kappa shape index (κ1) is 35.1. The third kappa shape index (κ3) is 18.1. The molecule has 1 saturated carbocycles. The third-order valence-corrected chi connectivity index (χ3v) is 10.0. The Morgan fingerprint density at radius 1 is 0.865 bits per heavy atom. The van der Waals surface area contributed by atoms with E-state index in [1.54, 1.807) is 0 Å². The number of ether oxygens (including phenoxy) is 2. The summed E-state index contributed by atoms with van der Waals surface area (Å²) in [4.78, 5) is 0. The van der Waals surface area contributed by atoms with Gasteiger partial charge in [-0.25, -0.2) is 8.42 Å². The van der Waals surface area contributed by atoms with Gasteiger partial charge >= 0.3 is 0 Å². The summed E-state index contributed by atoms with van der Waals surface area (Å²) in [5, 5.41) is 6.92. The van der Waals surface area contributed by atoms with Crippen molar-refractivity contribution >= 4 is 21.0 Å². The molecule has 0 aliphatic heterocycles. The molecule has 1 fully saturated rings. The van der Waals surface area contributed by atoms with Gasteiger partial charge in [-0.3, -0.25) is 0 Å². The number of hydrogen-bond acceptors (Lipinski definition) is 7. The van der Waals surface area contributed by atoms with Crippen LogP contribution in [0.4, 0.5) is 0 Å². The van der Waals surface area contributed by atoms with Crippen LogP contribution in [0.15, 0.2) is 0 Å². The zero-order valence-electron chi connectivity index (χ0n) is 25.2. The Morgan fingerprint density at radius 3 is 2.08 bits per heavy atom. The van der Waals surface area contributed by atoms with Crippen molar-refractivity contribution in [1.29, 1.82) is 0 Å². The zero-order chi connectivity index (χ0) is 28.2. The smallest absolute Gasteiger partial charge is 0.151 e. The number of hydrogen-bond donors (Lipinski definition) is 2. The molecule has 222 valence electrons. The van der Waals surface area contributed by atoms with Crippen molar-refractivity contribution in [2.45, 2.75) is 105 Å². The van der Waals surface area contributed by atoms with Gasteiger partial charge in [-0.15, -0.1) is 0 Å². The maximum absolute atomic E-state index is 12.4. The minimum atomic E-state index is -3.07. The number of nitrogens with one attached hydrogen (secondary N) is 2. The van der Waals surface area contributed by atoms with Gasteiger partial charge < -0.3 is 24.7 Å². The molecule has 0 aromatic carbocycles. The first-order chi connectivity index (χ1) is 16.9. The van der Waals surface area contributed by atoms with Gasteiger partial charge in [-0.05, 0) is 70.6 Å². The second-order valence-electron chi connectivity index (χ2n) is 13.8. The Hall–Kier alpha value is 0.1000. The number of rotatable bonds is 18. The van der Waals surface area contributed by atoms with E-state index in [0.29, 0.717) is 44.3 Å². The molecule has 1 atom stereocenters. The molecule has 1 aliphatic rings. The summed E-state index contributed by atoms with van der Waals surface area (Å²) < 4.78 is 48.6. The van der Waals surface area contributed by atoms with E-state index in [4.69, 9.17) is 9.47 Å². The van der Waals surface area contributed by atoms with Crippen LogP contribution in [0.25, 0.3) is 0 Å². The lowest BCUT2D eigenvalue weighted by Gasteiger charge is -2.43. The van der Waals surface area contributed by atoms with Crippen LogP contribution >= 0.6 is 0 Å². The van der Waals surface area contributed by atoms with E-state index in [1.165, 1.54) is 0 Å². The van der Waals surface area contributed by atoms with Crippen LogP contribution in [0.1, 0.15) is 93.9 Å². The summed E-state index contributed by atoms with van der Waals surface area (Å²) in [6.45, 7) is 21.0. The van der Waals surface area contributed by atoms with Crippen molar-refractivity contribution in [3.8, 4) is 0 Å². The van der Waals surface area contributed by atoms with Gasteiger partial charge in [0.25, 0.3) is 0 Å². The molecule has 0 aromatic rings. The van der Waals surface area contributed by atoms with E-state index in [1.807, 2.05) is 0 Å². The molecule has 0 aromatic heterocycles. The molecule has 1 unspecified atom stereocenters. The summed E-state index contributed by atoms with van der Waals surface area (Å²) >= 11 is -0.800. The lowest BCUT2D eigenvalue weighted by Crippen LogP contribution is -2.49. The fourth-order valence-corrected chi connectivity index (χ4v) is 6.53. The van der Waals surface area contributed by atoms with Crippen LogP contribution in [0.5, 0.6) is 0 Å². The quantitative estimate of drug-likeness (QED) is 0.188. The summed E-state index contributed by atoms with van der Waals surface area (Å²) in [6.07, 6.45) is 5.52. The molecule has 0 amide bonds. The molecule has 1 rings (SSSR count). The molecule has 0 saturated heterocycles. The van der Waals surface area contributed by atoms with E-state index in [9.17, 15) is 13.0 Å². The van der Waals surface area contributed by atoms with Crippen LogP contribution in [-0.4, -0.2) is 86.6 Å². The monoisotopic (exact) mass is 566 g/mol. The third-order valence-electron chi connectivity index (χ3n) is 6.90. The summed E-state index contributed by atoms with van der Waals surface area (Å²) in [5.74, 6) is 1.74. The Morgan fingerprint density at radius 2 is 1.49 bits per heavy atom. The second kappa shape index (κ2) is 15.8. The van der Waals surface area contributed by atoms with E-state index >= 15 is 0 Å². The van der Waals surface area contributed by atoms with Crippen molar-refractivity contribution in [3.05, 3.63) is 0 Å². The molecule has 37 heavy (non-hydrogen) atoms. The minimum Gasteiger partial charge on any atom is -0.616 e. The molecule has 0 radical (unpaired) electrons. The standard InChI is InChI=1S/C28H58N2O5S2/c1-25(2,3)23-34-18-10-21-37(32,33)22-16-30-28(8)13-11-27(7,12-14-28)24-35-17-9-19-36(31)20-15-29-26(4,5)6/h29-30H,9-24H2,1-8H3/t27-,28+,36?. The average Bonchev–Trinajstić information content (AvgIpc) is 2.74. The van der Waals surface area contributed by atoms with E-state index in [-0.39, 0.29) is 33.4 Å². The largest absolute Gasteiger partial charge is 0.616 e. The van der Waals surface area contributed by atoms with Gasteiger partial charge in [-0.2, -0.15) is 0 Å². The maximum atomic E-state index is 12.4. The van der Waals surface area contributed by atoms with Gasteiger partial charge in [0, 0.05) is 37.2 Å². The Balaban J connectivity index is 2.19. The van der Waals surface area contributed by atoms with Crippen LogP contribution < -0.4 is 10.6 Å². The van der Waals surface area contributed by atoms with Gasteiger partial charge in [0.05, 0.1) is 31.3 Å². The fraction of sp³-hybridized carbons (Fsp3) is 1.00. The van der Waals surface area contributed by atoms with Crippen molar-refractivity contribution in [2.24, 2.45) is 10.8 Å². The Bertz CT molecular complexity index is 724. The maximum Gasteiger partial charge on any atom is 0.151 e. The summed E-state index contributed by atoms with van der Waals surface area (Å²) in [5.41, 5.74) is 0.290. The predicted octanol–water partition coefficient (Wildman–Crippen LogP) is 4.33. The van der Waals surface area contributed by atoms with Crippen molar-refractivity contribution in [1.82, 2.24) is 10.6 Å². The normalized spacial score (nSPS) is 24.4. The Kier molecular flexibility index (Phi) is 15.0. The second-order valence-corrected chi connectivity index (χ2v) is 17.8. The highest BCUT2D eigenvalue weighted by molar-refractivity contribution is 7.91. The highest BCUT2D eigenvalue weighted by Gasteiger charge is 2.37. The molecule has 0 bridgehead atoms.